The summed E-state index contributed by atoms with van der Waals surface area (Å²) in [6, 6.07) is 12.2. The van der Waals surface area contributed by atoms with Crippen LogP contribution in [0.25, 0.3) is 11.4 Å². The highest BCUT2D eigenvalue weighted by Crippen LogP contribution is 2.27. The minimum Gasteiger partial charge on any atom is -0.333 e. The molecule has 4 rings (SSSR count). The lowest BCUT2D eigenvalue weighted by Gasteiger charge is -2.32. The van der Waals surface area contributed by atoms with Gasteiger partial charge in [-0.05, 0) is 19.4 Å². The normalized spacial score (nSPS) is 16.5. The summed E-state index contributed by atoms with van der Waals surface area (Å²) in [5, 5.41) is 12.9. The van der Waals surface area contributed by atoms with Gasteiger partial charge in [-0.1, -0.05) is 30.3 Å². The van der Waals surface area contributed by atoms with Crippen molar-refractivity contribution < 1.29 is 4.79 Å². The Morgan fingerprint density at radius 1 is 1.19 bits per heavy atom. The van der Waals surface area contributed by atoms with E-state index in [1.165, 1.54) is 0 Å². The highest BCUT2D eigenvalue weighted by molar-refractivity contribution is 5.76. The van der Waals surface area contributed by atoms with Gasteiger partial charge in [-0.15, -0.1) is 10.2 Å². The highest BCUT2D eigenvalue weighted by Gasteiger charge is 2.29. The van der Waals surface area contributed by atoms with Crippen LogP contribution in [0.1, 0.15) is 30.9 Å². The van der Waals surface area contributed by atoms with Gasteiger partial charge in [0.15, 0.2) is 11.6 Å². The molecule has 3 aromatic rings. The molecule has 0 N–H and O–H groups in total. The fourth-order valence-corrected chi connectivity index (χ4v) is 3.54. The molecular formula is C19H22N6O. The molecule has 1 aliphatic rings. The van der Waals surface area contributed by atoms with E-state index in [9.17, 15) is 4.79 Å². The molecule has 7 nitrogen and oxygen atoms in total. The maximum absolute atomic E-state index is 12.7. The largest absolute Gasteiger partial charge is 0.333 e. The standard InChI is InChI=1S/C19H22N6O/c1-14-12-24(18(26)9-8-16-10-11-20-23(16)2)13-17-21-22-19(25(14)17)15-6-4-3-5-7-15/h3-7,10-11,14H,8-9,12-13H2,1-2H3/t14-/m0/s1. The lowest BCUT2D eigenvalue weighted by Crippen LogP contribution is -2.40. The predicted octanol–water partition coefficient (Wildman–Crippen LogP) is 2.21. The first-order valence-electron chi connectivity index (χ1n) is 8.87. The molecule has 7 heteroatoms. The zero-order valence-electron chi connectivity index (χ0n) is 15.0. The Labute approximate surface area is 152 Å². The topological polar surface area (TPSA) is 68.8 Å². The molecule has 0 radical (unpaired) electrons. The summed E-state index contributed by atoms with van der Waals surface area (Å²) >= 11 is 0. The molecule has 1 aromatic carbocycles. The number of aryl methyl sites for hydroxylation is 2. The maximum atomic E-state index is 12.7. The van der Waals surface area contributed by atoms with Gasteiger partial charge in [-0.25, -0.2) is 0 Å². The van der Waals surface area contributed by atoms with E-state index in [0.29, 0.717) is 25.9 Å². The molecule has 0 saturated heterocycles. The number of hydrogen-bond donors (Lipinski definition) is 0. The summed E-state index contributed by atoms with van der Waals surface area (Å²) in [6.07, 6.45) is 2.93. The molecule has 1 atom stereocenters. The molecule has 0 fully saturated rings. The molecule has 0 saturated carbocycles. The molecule has 2 aromatic heterocycles. The average Bonchev–Trinajstić information content (AvgIpc) is 3.26. The number of hydrogen-bond acceptors (Lipinski definition) is 4. The van der Waals surface area contributed by atoms with Crippen molar-refractivity contribution in [1.82, 2.24) is 29.4 Å². The maximum Gasteiger partial charge on any atom is 0.223 e. The van der Waals surface area contributed by atoms with Gasteiger partial charge in [0.1, 0.15) is 0 Å². The number of rotatable bonds is 4. The van der Waals surface area contributed by atoms with E-state index in [1.807, 2.05) is 53.0 Å². The van der Waals surface area contributed by atoms with Crippen molar-refractivity contribution in [3.8, 4) is 11.4 Å². The van der Waals surface area contributed by atoms with Crippen molar-refractivity contribution in [2.24, 2.45) is 7.05 Å². The molecule has 0 spiro atoms. The first-order valence-corrected chi connectivity index (χ1v) is 8.87. The van der Waals surface area contributed by atoms with E-state index in [4.69, 9.17) is 0 Å². The van der Waals surface area contributed by atoms with E-state index < -0.39 is 0 Å². The fourth-order valence-electron chi connectivity index (χ4n) is 3.54. The number of benzene rings is 1. The van der Waals surface area contributed by atoms with Crippen molar-refractivity contribution >= 4 is 5.91 Å². The number of amides is 1. The number of carbonyl (C=O) groups is 1. The summed E-state index contributed by atoms with van der Waals surface area (Å²) in [4.78, 5) is 14.6. The summed E-state index contributed by atoms with van der Waals surface area (Å²) in [5.74, 6) is 1.86. The zero-order chi connectivity index (χ0) is 18.1. The number of nitrogens with zero attached hydrogens (tertiary/aromatic N) is 6. The monoisotopic (exact) mass is 350 g/mol. The van der Waals surface area contributed by atoms with Gasteiger partial charge >= 0.3 is 0 Å². The number of fused-ring (bicyclic) bond motifs is 1. The average molecular weight is 350 g/mol. The highest BCUT2D eigenvalue weighted by atomic mass is 16.2. The van der Waals surface area contributed by atoms with Gasteiger partial charge in [0, 0.05) is 37.5 Å². The third-order valence-corrected chi connectivity index (χ3v) is 4.93. The summed E-state index contributed by atoms with van der Waals surface area (Å²) in [6.45, 7) is 3.29. The van der Waals surface area contributed by atoms with E-state index in [1.54, 1.807) is 6.20 Å². The molecule has 0 aliphatic carbocycles. The van der Waals surface area contributed by atoms with Crippen molar-refractivity contribution in [2.45, 2.75) is 32.4 Å². The second kappa shape index (κ2) is 6.74. The van der Waals surface area contributed by atoms with Crippen LogP contribution >= 0.6 is 0 Å². The summed E-state index contributed by atoms with van der Waals surface area (Å²) < 4.78 is 3.97. The van der Waals surface area contributed by atoms with Crippen LogP contribution < -0.4 is 0 Å². The minimum atomic E-state index is 0.143. The van der Waals surface area contributed by atoms with Crippen LogP contribution in [0.3, 0.4) is 0 Å². The van der Waals surface area contributed by atoms with Crippen LogP contribution in [0.15, 0.2) is 42.6 Å². The van der Waals surface area contributed by atoms with Crippen LogP contribution in [0, 0.1) is 0 Å². The molecule has 0 bridgehead atoms. The van der Waals surface area contributed by atoms with Gasteiger partial charge in [-0.3, -0.25) is 9.48 Å². The van der Waals surface area contributed by atoms with Gasteiger partial charge in [-0.2, -0.15) is 5.10 Å². The molecule has 0 unspecified atom stereocenters. The smallest absolute Gasteiger partial charge is 0.223 e. The van der Waals surface area contributed by atoms with Crippen LogP contribution in [-0.4, -0.2) is 41.9 Å². The van der Waals surface area contributed by atoms with Gasteiger partial charge in [0.05, 0.1) is 12.6 Å². The lowest BCUT2D eigenvalue weighted by atomic mass is 10.1. The van der Waals surface area contributed by atoms with Crippen molar-refractivity contribution in [2.75, 3.05) is 6.54 Å². The number of carbonyl (C=O) groups excluding carboxylic acids is 1. The Morgan fingerprint density at radius 3 is 2.73 bits per heavy atom. The van der Waals surface area contributed by atoms with Gasteiger partial charge in [0.25, 0.3) is 0 Å². The molecule has 26 heavy (non-hydrogen) atoms. The predicted molar refractivity (Wildman–Crippen MR) is 97.1 cm³/mol. The first kappa shape index (κ1) is 16.5. The van der Waals surface area contributed by atoms with Crippen molar-refractivity contribution in [3.05, 3.63) is 54.1 Å². The zero-order valence-corrected chi connectivity index (χ0v) is 15.0. The Kier molecular flexibility index (Phi) is 4.28. The molecule has 1 aliphatic heterocycles. The van der Waals surface area contributed by atoms with E-state index in [2.05, 4.69) is 26.8 Å². The summed E-state index contributed by atoms with van der Waals surface area (Å²) in [7, 11) is 1.90. The lowest BCUT2D eigenvalue weighted by molar-refractivity contribution is -0.133. The van der Waals surface area contributed by atoms with E-state index >= 15 is 0 Å². The van der Waals surface area contributed by atoms with Crippen LogP contribution in [-0.2, 0) is 24.8 Å². The Bertz CT molecular complexity index is 913. The third kappa shape index (κ3) is 3.00. The fraction of sp³-hybridized carbons (Fsp3) is 0.368. The van der Waals surface area contributed by atoms with Crippen LogP contribution in [0.5, 0.6) is 0 Å². The van der Waals surface area contributed by atoms with Crippen molar-refractivity contribution in [3.63, 3.8) is 0 Å². The molecular weight excluding hydrogens is 328 g/mol. The van der Waals surface area contributed by atoms with E-state index in [-0.39, 0.29) is 11.9 Å². The Morgan fingerprint density at radius 2 is 2.00 bits per heavy atom. The van der Waals surface area contributed by atoms with Gasteiger partial charge in [0.2, 0.25) is 5.91 Å². The van der Waals surface area contributed by atoms with E-state index in [0.717, 1.165) is 22.9 Å². The van der Waals surface area contributed by atoms with Crippen LogP contribution in [0.4, 0.5) is 0 Å². The minimum absolute atomic E-state index is 0.143. The van der Waals surface area contributed by atoms with Crippen LogP contribution in [0.2, 0.25) is 0 Å². The Balaban J connectivity index is 1.49. The molecule has 3 heterocycles. The third-order valence-electron chi connectivity index (χ3n) is 4.93. The van der Waals surface area contributed by atoms with Gasteiger partial charge < -0.3 is 9.47 Å². The first-order chi connectivity index (χ1) is 12.6. The molecule has 134 valence electrons. The molecule has 1 amide bonds. The Hall–Kier alpha value is -2.96. The SMILES string of the molecule is C[C@H]1CN(C(=O)CCc2ccnn2C)Cc2nnc(-c3ccccc3)n21. The number of aromatic nitrogens is 5. The second-order valence-electron chi connectivity index (χ2n) is 6.75. The summed E-state index contributed by atoms with van der Waals surface area (Å²) in [5.41, 5.74) is 2.12. The van der Waals surface area contributed by atoms with Crippen molar-refractivity contribution in [1.29, 1.82) is 0 Å². The second-order valence-corrected chi connectivity index (χ2v) is 6.75. The quantitative estimate of drug-likeness (QED) is 0.723.